The van der Waals surface area contributed by atoms with E-state index in [0.717, 1.165) is 44.7 Å². The molecule has 1 saturated heterocycles. The van der Waals surface area contributed by atoms with E-state index in [0.29, 0.717) is 6.04 Å². The quantitative estimate of drug-likeness (QED) is 0.735. The van der Waals surface area contributed by atoms with E-state index >= 15 is 0 Å². The van der Waals surface area contributed by atoms with Gasteiger partial charge in [0, 0.05) is 55.8 Å². The van der Waals surface area contributed by atoms with Crippen LogP contribution in [0.2, 0.25) is 0 Å². The largest absolute Gasteiger partial charge is 0.396 e. The van der Waals surface area contributed by atoms with Gasteiger partial charge in [0.1, 0.15) is 5.60 Å². The number of aliphatic hydroxyl groups excluding tert-OH is 1. The molecule has 0 unspecified atom stereocenters. The number of rotatable bonds is 6. The number of aliphatic hydroxyl groups is 2. The van der Waals surface area contributed by atoms with Crippen LogP contribution in [0.3, 0.4) is 0 Å². The van der Waals surface area contributed by atoms with Gasteiger partial charge >= 0.3 is 0 Å². The maximum atomic E-state index is 9.72. The first kappa shape index (κ1) is 21.0. The third-order valence-corrected chi connectivity index (χ3v) is 5.82. The summed E-state index contributed by atoms with van der Waals surface area (Å²) in [5.74, 6) is 5.87. The van der Waals surface area contributed by atoms with Gasteiger partial charge in [-0.25, -0.2) is 0 Å². The normalized spacial score (nSPS) is 18.6. The predicted molar refractivity (Wildman–Crippen MR) is 115 cm³/mol. The highest BCUT2D eigenvalue weighted by molar-refractivity contribution is 7.09. The molecule has 1 atom stereocenters. The van der Waals surface area contributed by atoms with Gasteiger partial charge in [0.2, 0.25) is 0 Å². The molecular weight excluding hydrogens is 368 g/mol. The van der Waals surface area contributed by atoms with E-state index in [-0.39, 0.29) is 6.61 Å². The summed E-state index contributed by atoms with van der Waals surface area (Å²) in [6, 6.07) is 13.0. The lowest BCUT2D eigenvalue weighted by atomic mass is 10.1. The second-order valence-corrected chi connectivity index (χ2v) is 8.99. The lowest BCUT2D eigenvalue weighted by molar-refractivity contribution is 0.0506. The number of hydrogen-bond acceptors (Lipinski definition) is 5. The summed E-state index contributed by atoms with van der Waals surface area (Å²) in [5, 5.41) is 21.3. The van der Waals surface area contributed by atoms with Crippen molar-refractivity contribution in [3.63, 3.8) is 0 Å². The highest BCUT2D eigenvalue weighted by atomic mass is 32.1. The number of benzene rings is 1. The molecule has 5 heteroatoms. The van der Waals surface area contributed by atoms with E-state index in [2.05, 4.69) is 51.3 Å². The van der Waals surface area contributed by atoms with Gasteiger partial charge in [-0.3, -0.25) is 9.80 Å². The summed E-state index contributed by atoms with van der Waals surface area (Å²) >= 11 is 1.80. The first-order chi connectivity index (χ1) is 13.4. The Morgan fingerprint density at radius 2 is 1.93 bits per heavy atom. The van der Waals surface area contributed by atoms with E-state index in [9.17, 15) is 10.2 Å². The van der Waals surface area contributed by atoms with Crippen molar-refractivity contribution >= 4 is 11.3 Å². The third-order valence-electron chi connectivity index (χ3n) is 4.96. The molecular formula is C23H30N2O2S. The molecule has 1 aliphatic heterocycles. The molecule has 150 valence electrons. The smallest absolute Gasteiger partial charge is 0.120 e. The van der Waals surface area contributed by atoms with Crippen LogP contribution in [0.15, 0.2) is 41.8 Å². The Hall–Kier alpha value is -1.68. The van der Waals surface area contributed by atoms with Crippen LogP contribution < -0.4 is 0 Å². The van der Waals surface area contributed by atoms with Crippen molar-refractivity contribution < 1.29 is 10.2 Å². The Labute approximate surface area is 172 Å². The fourth-order valence-corrected chi connectivity index (χ4v) is 4.24. The highest BCUT2D eigenvalue weighted by Gasteiger charge is 2.26. The summed E-state index contributed by atoms with van der Waals surface area (Å²) in [6.07, 6.45) is 0.813. The minimum Gasteiger partial charge on any atom is -0.396 e. The molecule has 0 amide bonds. The monoisotopic (exact) mass is 398 g/mol. The Morgan fingerprint density at radius 1 is 1.14 bits per heavy atom. The SMILES string of the molecule is CC(C)(O)C#Cc1ccc(CN2CCN(Cc3cccs3)[C@@H](CCO)C2)cc1. The highest BCUT2D eigenvalue weighted by Crippen LogP contribution is 2.20. The van der Waals surface area contributed by atoms with Crippen LogP contribution in [0.1, 0.15) is 36.3 Å². The summed E-state index contributed by atoms with van der Waals surface area (Å²) in [7, 11) is 0. The Kier molecular flexibility index (Phi) is 7.28. The number of piperazine rings is 1. The molecule has 1 fully saturated rings. The molecule has 1 aliphatic rings. The zero-order valence-electron chi connectivity index (χ0n) is 16.8. The van der Waals surface area contributed by atoms with Crippen LogP contribution in [0.5, 0.6) is 0 Å². The Balaban J connectivity index is 1.58. The van der Waals surface area contributed by atoms with Crippen molar-refractivity contribution in [3.05, 3.63) is 57.8 Å². The van der Waals surface area contributed by atoms with E-state index in [1.165, 1.54) is 10.4 Å². The first-order valence-corrected chi connectivity index (χ1v) is 10.7. The molecule has 4 nitrogen and oxygen atoms in total. The molecule has 0 spiro atoms. The van der Waals surface area contributed by atoms with Crippen molar-refractivity contribution in [1.82, 2.24) is 9.80 Å². The molecule has 1 aromatic heterocycles. The molecule has 0 bridgehead atoms. The summed E-state index contributed by atoms with van der Waals surface area (Å²) in [4.78, 5) is 6.37. The first-order valence-electron chi connectivity index (χ1n) is 9.87. The minimum absolute atomic E-state index is 0.230. The number of thiophene rings is 1. The van der Waals surface area contributed by atoms with Crippen molar-refractivity contribution in [1.29, 1.82) is 0 Å². The maximum Gasteiger partial charge on any atom is 0.120 e. The zero-order chi connectivity index (χ0) is 20.0. The molecule has 0 aliphatic carbocycles. The average molecular weight is 399 g/mol. The summed E-state index contributed by atoms with van der Waals surface area (Å²) < 4.78 is 0. The standard InChI is InChI=1S/C23H30N2O2S/c1-23(2,27)11-9-19-5-7-20(8-6-19)16-24-12-13-25(21(17-24)10-14-26)18-22-4-3-15-28-22/h3-8,15,21,26-27H,10,12-14,16-18H2,1-2H3/t21-/m0/s1. The van der Waals surface area contributed by atoms with Crippen molar-refractivity contribution in [2.45, 2.75) is 45.0 Å². The average Bonchev–Trinajstić information content (AvgIpc) is 3.16. The molecule has 28 heavy (non-hydrogen) atoms. The van der Waals surface area contributed by atoms with Crippen LogP contribution in [0, 0.1) is 11.8 Å². The van der Waals surface area contributed by atoms with E-state index in [1.54, 1.807) is 25.2 Å². The van der Waals surface area contributed by atoms with Crippen LogP contribution in [-0.2, 0) is 13.1 Å². The van der Waals surface area contributed by atoms with Gasteiger partial charge in [0.05, 0.1) is 0 Å². The lowest BCUT2D eigenvalue weighted by Crippen LogP contribution is -2.52. The van der Waals surface area contributed by atoms with Gasteiger partial charge in [-0.2, -0.15) is 0 Å². The fourth-order valence-electron chi connectivity index (χ4n) is 3.51. The van der Waals surface area contributed by atoms with Crippen molar-refractivity contribution in [2.24, 2.45) is 0 Å². The van der Waals surface area contributed by atoms with E-state index in [4.69, 9.17) is 0 Å². The molecule has 0 saturated carbocycles. The predicted octanol–water partition coefficient (Wildman–Crippen LogP) is 2.94. The summed E-state index contributed by atoms with van der Waals surface area (Å²) in [6.45, 7) is 8.54. The molecule has 2 heterocycles. The van der Waals surface area contributed by atoms with Crippen molar-refractivity contribution in [2.75, 3.05) is 26.2 Å². The van der Waals surface area contributed by atoms with E-state index < -0.39 is 5.60 Å². The van der Waals surface area contributed by atoms with Crippen LogP contribution in [0.4, 0.5) is 0 Å². The van der Waals surface area contributed by atoms with E-state index in [1.807, 2.05) is 12.1 Å². The van der Waals surface area contributed by atoms with Gasteiger partial charge in [-0.15, -0.1) is 11.3 Å². The lowest BCUT2D eigenvalue weighted by Gasteiger charge is -2.41. The fraction of sp³-hybridized carbons (Fsp3) is 0.478. The molecule has 2 aromatic rings. The molecule has 2 N–H and O–H groups in total. The number of hydrogen-bond donors (Lipinski definition) is 2. The second kappa shape index (κ2) is 9.69. The van der Waals surface area contributed by atoms with Gasteiger partial charge in [-0.05, 0) is 49.4 Å². The van der Waals surface area contributed by atoms with Gasteiger partial charge < -0.3 is 10.2 Å². The van der Waals surface area contributed by atoms with Gasteiger partial charge in [0.25, 0.3) is 0 Å². The molecule has 0 radical (unpaired) electrons. The van der Waals surface area contributed by atoms with Gasteiger partial charge in [-0.1, -0.05) is 30.0 Å². The number of nitrogens with zero attached hydrogens (tertiary/aromatic N) is 2. The second-order valence-electron chi connectivity index (χ2n) is 7.96. The zero-order valence-corrected chi connectivity index (χ0v) is 17.6. The van der Waals surface area contributed by atoms with Gasteiger partial charge in [0.15, 0.2) is 0 Å². The molecule has 1 aromatic carbocycles. The maximum absolute atomic E-state index is 9.72. The Morgan fingerprint density at radius 3 is 2.57 bits per heavy atom. The Bertz CT molecular complexity index is 785. The molecule has 3 rings (SSSR count). The van der Waals surface area contributed by atoms with Crippen LogP contribution in [-0.4, -0.2) is 57.9 Å². The van der Waals surface area contributed by atoms with Crippen molar-refractivity contribution in [3.8, 4) is 11.8 Å². The van der Waals surface area contributed by atoms with Crippen LogP contribution >= 0.6 is 11.3 Å². The van der Waals surface area contributed by atoms with Crippen LogP contribution in [0.25, 0.3) is 0 Å². The third kappa shape index (κ3) is 6.44. The summed E-state index contributed by atoms with van der Waals surface area (Å²) in [5.41, 5.74) is 1.22. The topological polar surface area (TPSA) is 46.9 Å². The minimum atomic E-state index is -0.969.